The van der Waals surface area contributed by atoms with E-state index in [9.17, 15) is 9.18 Å². The predicted molar refractivity (Wildman–Crippen MR) is 66.2 cm³/mol. The molecule has 6 heteroatoms. The molecule has 5 nitrogen and oxygen atoms in total. The van der Waals surface area contributed by atoms with Crippen molar-refractivity contribution in [2.24, 2.45) is 0 Å². The summed E-state index contributed by atoms with van der Waals surface area (Å²) < 4.78 is 13.3. The van der Waals surface area contributed by atoms with Gasteiger partial charge < -0.3 is 10.1 Å². The number of H-pyrrole nitrogens is 1. The molecule has 0 spiro atoms. The highest BCUT2D eigenvalue weighted by Crippen LogP contribution is 2.23. The molecule has 0 amide bonds. The number of carboxylic acid groups (broad SMARTS) is 1. The molecule has 0 saturated carbocycles. The summed E-state index contributed by atoms with van der Waals surface area (Å²) in [5.74, 6) is -1.38. The fourth-order valence-electron chi connectivity index (χ4n) is 1.88. The number of aromatic carboxylic acids is 1. The Morgan fingerprint density at radius 1 is 1.37 bits per heavy atom. The number of hydrogen-bond donors (Lipinski definition) is 2. The van der Waals surface area contributed by atoms with Crippen molar-refractivity contribution in [3.05, 3.63) is 48.0 Å². The van der Waals surface area contributed by atoms with Crippen molar-refractivity contribution in [1.82, 2.24) is 15.0 Å². The second-order valence-corrected chi connectivity index (χ2v) is 3.98. The number of carbonyl (C=O) groups is 1. The minimum atomic E-state index is -1.21. The summed E-state index contributed by atoms with van der Waals surface area (Å²) in [7, 11) is 0. The SMILES string of the molecule is O=C(O)c1cc(F)cc2[nH]c(-c3cccnc3)nc12. The van der Waals surface area contributed by atoms with Gasteiger partial charge in [-0.3, -0.25) is 4.98 Å². The Bertz CT molecular complexity index is 768. The van der Waals surface area contributed by atoms with Gasteiger partial charge in [0, 0.05) is 18.0 Å². The number of halogens is 1. The van der Waals surface area contributed by atoms with E-state index in [0.29, 0.717) is 16.9 Å². The van der Waals surface area contributed by atoms with Gasteiger partial charge in [0.05, 0.1) is 11.1 Å². The van der Waals surface area contributed by atoms with E-state index in [2.05, 4.69) is 15.0 Å². The van der Waals surface area contributed by atoms with Crippen LogP contribution in [0.3, 0.4) is 0 Å². The number of benzene rings is 1. The first-order valence-electron chi connectivity index (χ1n) is 5.48. The lowest BCUT2D eigenvalue weighted by molar-refractivity contribution is 0.0698. The molecule has 0 fully saturated rings. The summed E-state index contributed by atoms with van der Waals surface area (Å²) in [6.07, 6.45) is 3.21. The maximum absolute atomic E-state index is 13.3. The Kier molecular flexibility index (Phi) is 2.49. The fraction of sp³-hybridized carbons (Fsp3) is 0. The molecule has 1 aromatic carbocycles. The van der Waals surface area contributed by atoms with Gasteiger partial charge in [-0.25, -0.2) is 14.2 Å². The van der Waals surface area contributed by atoms with Crippen LogP contribution in [-0.4, -0.2) is 26.0 Å². The van der Waals surface area contributed by atoms with Crippen molar-refractivity contribution in [2.75, 3.05) is 0 Å². The van der Waals surface area contributed by atoms with Gasteiger partial charge in [0.15, 0.2) is 0 Å². The smallest absolute Gasteiger partial charge is 0.338 e. The van der Waals surface area contributed by atoms with E-state index < -0.39 is 11.8 Å². The highest BCUT2D eigenvalue weighted by atomic mass is 19.1. The molecule has 3 aromatic rings. The first-order valence-corrected chi connectivity index (χ1v) is 5.48. The maximum atomic E-state index is 13.3. The van der Waals surface area contributed by atoms with Crippen LogP contribution >= 0.6 is 0 Å². The molecule has 0 aliphatic heterocycles. The van der Waals surface area contributed by atoms with Gasteiger partial charge in [-0.05, 0) is 24.3 Å². The van der Waals surface area contributed by atoms with Gasteiger partial charge in [0.2, 0.25) is 0 Å². The summed E-state index contributed by atoms with van der Waals surface area (Å²) in [5, 5.41) is 9.05. The van der Waals surface area contributed by atoms with Crippen LogP contribution in [-0.2, 0) is 0 Å². The number of imidazole rings is 1. The first kappa shape index (κ1) is 11.3. The summed E-state index contributed by atoms with van der Waals surface area (Å²) in [5.41, 5.74) is 1.11. The average Bonchev–Trinajstić information content (AvgIpc) is 2.82. The van der Waals surface area contributed by atoms with E-state index in [1.807, 2.05) is 0 Å². The zero-order chi connectivity index (χ0) is 13.4. The van der Waals surface area contributed by atoms with E-state index in [4.69, 9.17) is 5.11 Å². The summed E-state index contributed by atoms with van der Waals surface area (Å²) in [6.45, 7) is 0. The van der Waals surface area contributed by atoms with Gasteiger partial charge in [0.1, 0.15) is 17.2 Å². The lowest BCUT2D eigenvalue weighted by Gasteiger charge is -1.95. The molecule has 2 N–H and O–H groups in total. The van der Waals surface area contributed by atoms with Gasteiger partial charge in [-0.15, -0.1) is 0 Å². The quantitative estimate of drug-likeness (QED) is 0.739. The van der Waals surface area contributed by atoms with E-state index in [1.165, 1.54) is 6.07 Å². The first-order chi connectivity index (χ1) is 9.15. The number of aromatic amines is 1. The minimum absolute atomic E-state index is 0.165. The van der Waals surface area contributed by atoms with E-state index in [1.54, 1.807) is 24.5 Å². The number of fused-ring (bicyclic) bond motifs is 1. The number of rotatable bonds is 2. The zero-order valence-electron chi connectivity index (χ0n) is 9.59. The Balaban J connectivity index is 2.26. The Morgan fingerprint density at radius 2 is 2.21 bits per heavy atom. The largest absolute Gasteiger partial charge is 0.478 e. The van der Waals surface area contributed by atoms with E-state index in [-0.39, 0.29) is 11.1 Å². The molecule has 2 heterocycles. The van der Waals surface area contributed by atoms with Gasteiger partial charge in [0.25, 0.3) is 0 Å². The van der Waals surface area contributed by atoms with Crippen LogP contribution in [0.2, 0.25) is 0 Å². The van der Waals surface area contributed by atoms with Crippen molar-refractivity contribution in [3.8, 4) is 11.4 Å². The molecule has 2 aromatic heterocycles. The normalized spacial score (nSPS) is 10.8. The molecule has 0 bridgehead atoms. The van der Waals surface area contributed by atoms with Gasteiger partial charge in [-0.2, -0.15) is 0 Å². The van der Waals surface area contributed by atoms with Crippen molar-refractivity contribution in [1.29, 1.82) is 0 Å². The van der Waals surface area contributed by atoms with Crippen LogP contribution < -0.4 is 0 Å². The highest BCUT2D eigenvalue weighted by Gasteiger charge is 2.15. The number of aromatic nitrogens is 3. The number of nitrogens with zero attached hydrogens (tertiary/aromatic N) is 2. The third-order valence-corrected chi connectivity index (χ3v) is 2.72. The standard InChI is InChI=1S/C13H8FN3O2/c14-8-4-9(13(18)19)11-10(5-8)16-12(17-11)7-2-1-3-15-6-7/h1-6H,(H,16,17)(H,18,19). The molecule has 0 atom stereocenters. The lowest BCUT2D eigenvalue weighted by atomic mass is 10.2. The summed E-state index contributed by atoms with van der Waals surface area (Å²) >= 11 is 0. The van der Waals surface area contributed by atoms with Crippen molar-refractivity contribution in [3.63, 3.8) is 0 Å². The molecule has 19 heavy (non-hydrogen) atoms. The predicted octanol–water partition coefficient (Wildman–Crippen LogP) is 2.46. The zero-order valence-corrected chi connectivity index (χ0v) is 9.59. The fourth-order valence-corrected chi connectivity index (χ4v) is 1.88. The van der Waals surface area contributed by atoms with Crippen molar-refractivity contribution in [2.45, 2.75) is 0 Å². The van der Waals surface area contributed by atoms with Crippen LogP contribution in [0.1, 0.15) is 10.4 Å². The molecular weight excluding hydrogens is 249 g/mol. The van der Waals surface area contributed by atoms with Crippen LogP contribution in [0.4, 0.5) is 4.39 Å². The number of nitrogens with one attached hydrogen (secondary N) is 1. The van der Waals surface area contributed by atoms with Gasteiger partial charge in [-0.1, -0.05) is 0 Å². The minimum Gasteiger partial charge on any atom is -0.478 e. The van der Waals surface area contributed by atoms with E-state index >= 15 is 0 Å². The molecule has 3 rings (SSSR count). The second-order valence-electron chi connectivity index (χ2n) is 3.98. The summed E-state index contributed by atoms with van der Waals surface area (Å²) in [6, 6.07) is 5.69. The van der Waals surface area contributed by atoms with Gasteiger partial charge >= 0.3 is 5.97 Å². The third-order valence-electron chi connectivity index (χ3n) is 2.72. The summed E-state index contributed by atoms with van der Waals surface area (Å²) in [4.78, 5) is 22.1. The number of carboxylic acids is 1. The Morgan fingerprint density at radius 3 is 2.89 bits per heavy atom. The molecule has 0 aliphatic carbocycles. The van der Waals surface area contributed by atoms with E-state index in [0.717, 1.165) is 6.07 Å². The van der Waals surface area contributed by atoms with Crippen LogP contribution in [0.25, 0.3) is 22.4 Å². The Labute approximate surface area is 106 Å². The van der Waals surface area contributed by atoms with Crippen LogP contribution in [0.15, 0.2) is 36.7 Å². The maximum Gasteiger partial charge on any atom is 0.338 e. The third kappa shape index (κ3) is 1.93. The molecule has 0 radical (unpaired) electrons. The average molecular weight is 257 g/mol. The van der Waals surface area contributed by atoms with Crippen LogP contribution in [0.5, 0.6) is 0 Å². The monoisotopic (exact) mass is 257 g/mol. The van der Waals surface area contributed by atoms with Crippen molar-refractivity contribution < 1.29 is 14.3 Å². The molecule has 94 valence electrons. The Hall–Kier alpha value is -2.76. The van der Waals surface area contributed by atoms with Crippen molar-refractivity contribution >= 4 is 17.0 Å². The highest BCUT2D eigenvalue weighted by molar-refractivity contribution is 6.01. The number of hydrogen-bond acceptors (Lipinski definition) is 3. The lowest BCUT2D eigenvalue weighted by Crippen LogP contribution is -1.98. The number of pyridine rings is 1. The second kappa shape index (κ2) is 4.16. The molecule has 0 aliphatic rings. The molecular formula is C13H8FN3O2. The topological polar surface area (TPSA) is 78.9 Å². The molecule has 0 unspecified atom stereocenters. The molecule has 0 saturated heterocycles. The van der Waals surface area contributed by atoms with Crippen LogP contribution in [0, 0.1) is 5.82 Å².